The molecule has 0 saturated carbocycles. The summed E-state index contributed by atoms with van der Waals surface area (Å²) in [6.45, 7) is 9.83. The molecule has 1 aromatic heterocycles. The zero-order chi connectivity index (χ0) is 44.3. The Balaban J connectivity index is 0.915. The number of nitrogens with zero attached hydrogens (tertiary/aromatic N) is 6. The lowest BCUT2D eigenvalue weighted by atomic mass is 9.99. The summed E-state index contributed by atoms with van der Waals surface area (Å²) in [7, 11) is -4.29. The number of halogens is 1. The van der Waals surface area contributed by atoms with Crippen LogP contribution in [0.25, 0.3) is 22.0 Å². The smallest absolute Gasteiger partial charge is 0.293 e. The largest absolute Gasteiger partial charge is 0.379 e. The second kappa shape index (κ2) is 21.6. The number of fused-ring (bicyclic) bond motifs is 1. The van der Waals surface area contributed by atoms with Gasteiger partial charge in [0.05, 0.1) is 28.5 Å². The molecule has 0 radical (unpaired) electrons. The third-order valence-electron chi connectivity index (χ3n) is 11.5. The lowest BCUT2D eigenvalue weighted by Crippen LogP contribution is -2.46. The van der Waals surface area contributed by atoms with Crippen LogP contribution in [-0.4, -0.2) is 117 Å². The lowest BCUT2D eigenvalue weighted by molar-refractivity contribution is -0.384. The van der Waals surface area contributed by atoms with Gasteiger partial charge in [-0.25, -0.2) is 18.4 Å². The summed E-state index contributed by atoms with van der Waals surface area (Å²) in [5.41, 5.74) is 4.97. The summed E-state index contributed by atoms with van der Waals surface area (Å²) in [4.78, 5) is 28.6. The van der Waals surface area contributed by atoms with Gasteiger partial charge >= 0.3 is 0 Å². The number of benzene rings is 5. The van der Waals surface area contributed by atoms with Crippen LogP contribution in [0.5, 0.6) is 0 Å². The van der Waals surface area contributed by atoms with Crippen molar-refractivity contribution in [2.45, 2.75) is 28.8 Å². The summed E-state index contributed by atoms with van der Waals surface area (Å²) in [6, 6.07) is 35.9. The molecule has 14 nitrogen and oxygen atoms in total. The summed E-state index contributed by atoms with van der Waals surface area (Å²) in [5, 5.41) is 20.6. The van der Waals surface area contributed by atoms with E-state index in [2.05, 4.69) is 64.3 Å². The van der Waals surface area contributed by atoms with E-state index in [0.29, 0.717) is 34.6 Å². The lowest BCUT2D eigenvalue weighted by Gasteiger charge is -2.36. The first kappa shape index (κ1) is 45.2. The monoisotopic (exact) mass is 921 g/mol. The van der Waals surface area contributed by atoms with Crippen LogP contribution in [-0.2, 0) is 21.3 Å². The van der Waals surface area contributed by atoms with Crippen molar-refractivity contribution in [1.82, 2.24) is 25.1 Å². The number of anilines is 3. The van der Waals surface area contributed by atoms with Crippen molar-refractivity contribution in [1.29, 1.82) is 0 Å². The molecule has 2 saturated heterocycles. The van der Waals surface area contributed by atoms with Gasteiger partial charge in [0.2, 0.25) is 0 Å². The predicted octanol–water partition coefficient (Wildman–Crippen LogP) is 7.87. The Hall–Kier alpha value is -5.33. The quantitative estimate of drug-likeness (QED) is 0.0313. The van der Waals surface area contributed by atoms with Crippen molar-refractivity contribution in [2.24, 2.45) is 0 Å². The van der Waals surface area contributed by atoms with E-state index in [1.165, 1.54) is 29.6 Å². The normalized spacial score (nSPS) is 15.5. The van der Waals surface area contributed by atoms with E-state index < -0.39 is 14.9 Å². The average molecular weight is 923 g/mol. The van der Waals surface area contributed by atoms with Crippen LogP contribution in [0.2, 0.25) is 5.02 Å². The number of nitro groups is 1. The fourth-order valence-electron chi connectivity index (χ4n) is 8.05. The molecule has 3 N–H and O–H groups in total. The van der Waals surface area contributed by atoms with Crippen LogP contribution in [0.1, 0.15) is 12.0 Å². The molecule has 1 unspecified atom stereocenters. The molecule has 2 aliphatic rings. The summed E-state index contributed by atoms with van der Waals surface area (Å²) >= 11 is 8.10. The molecule has 17 heteroatoms. The molecule has 2 fully saturated rings. The number of piperazine rings is 1. The van der Waals surface area contributed by atoms with Crippen LogP contribution in [0, 0.1) is 10.1 Å². The Morgan fingerprint density at radius 2 is 1.59 bits per heavy atom. The minimum Gasteiger partial charge on any atom is -0.379 e. The highest BCUT2D eigenvalue weighted by atomic mass is 35.5. The minimum absolute atomic E-state index is 0.0843. The first-order valence-electron chi connectivity index (χ1n) is 21.5. The topological polar surface area (TPSA) is 158 Å². The molecule has 0 aliphatic carbocycles. The van der Waals surface area contributed by atoms with Gasteiger partial charge in [-0.05, 0) is 84.3 Å². The predicted molar refractivity (Wildman–Crippen MR) is 257 cm³/mol. The molecule has 334 valence electrons. The van der Waals surface area contributed by atoms with Gasteiger partial charge in [0.25, 0.3) is 15.7 Å². The van der Waals surface area contributed by atoms with Crippen LogP contribution >= 0.6 is 23.4 Å². The van der Waals surface area contributed by atoms with E-state index in [0.717, 1.165) is 94.3 Å². The maximum atomic E-state index is 13.9. The van der Waals surface area contributed by atoms with Crippen molar-refractivity contribution in [3.8, 4) is 11.1 Å². The van der Waals surface area contributed by atoms with Gasteiger partial charge in [-0.2, -0.15) is 0 Å². The molecule has 5 aromatic carbocycles. The number of nitro benzene ring substituents is 1. The third kappa shape index (κ3) is 11.9. The number of sulfonamides is 1. The fraction of sp³-hybridized carbons (Fsp3) is 0.319. The maximum Gasteiger partial charge on any atom is 0.293 e. The van der Waals surface area contributed by atoms with E-state index in [1.807, 2.05) is 72.8 Å². The summed E-state index contributed by atoms with van der Waals surface area (Å²) < 4.78 is 35.8. The van der Waals surface area contributed by atoms with Gasteiger partial charge in [-0.3, -0.25) is 24.6 Å². The maximum absolute atomic E-state index is 13.9. The van der Waals surface area contributed by atoms with Crippen LogP contribution in [0.3, 0.4) is 0 Å². The molecule has 3 heterocycles. The Bertz CT molecular complexity index is 2620. The molecule has 6 aromatic rings. The van der Waals surface area contributed by atoms with E-state index in [1.54, 1.807) is 11.8 Å². The molecule has 64 heavy (non-hydrogen) atoms. The standard InChI is InChI=1S/C47H52ClN9O5S2/c48-37-11-14-42(35-7-3-1-4-8-35)36(29-37)32-55-21-23-56(24-22-55)39-12-15-43-45(30-39)50-34-51-47(43)53-64(60,61)41-13-16-44(46(31-41)57(58)59)52-38(33-63-40-9-5-2-6-10-40)17-18-49-19-20-54-25-27-62-28-26-54/h1-16,29-31,34,38,49,52H,17-28,32-33H2,(H,50,51,53). The molecule has 8 rings (SSSR count). The number of thioether (sulfide) groups is 1. The van der Waals surface area contributed by atoms with Crippen molar-refractivity contribution in [3.05, 3.63) is 142 Å². The zero-order valence-electron chi connectivity index (χ0n) is 35.4. The molecular formula is C47H52ClN9O5S2. The van der Waals surface area contributed by atoms with E-state index >= 15 is 0 Å². The Labute approximate surface area is 383 Å². The SMILES string of the molecule is O=[N+]([O-])c1cc(S(=O)(=O)Nc2ncnc3cc(N4CCN(Cc5cc(Cl)ccc5-c5ccccc5)CC4)ccc23)ccc1NC(CCNCCN1CCOCC1)CSc1ccccc1. The number of ether oxygens (including phenoxy) is 1. The molecule has 0 spiro atoms. The second-order valence-electron chi connectivity index (χ2n) is 15.9. The van der Waals surface area contributed by atoms with E-state index in [-0.39, 0.29) is 28.1 Å². The molecule has 0 bridgehead atoms. The Morgan fingerprint density at radius 1 is 0.828 bits per heavy atom. The van der Waals surface area contributed by atoms with E-state index in [9.17, 15) is 18.5 Å². The Morgan fingerprint density at radius 3 is 2.36 bits per heavy atom. The first-order chi connectivity index (χ1) is 31.2. The fourth-order valence-corrected chi connectivity index (χ4v) is 10.3. The Kier molecular flexibility index (Phi) is 15.2. The molecule has 2 aliphatic heterocycles. The van der Waals surface area contributed by atoms with Crippen LogP contribution in [0.15, 0.2) is 131 Å². The highest BCUT2D eigenvalue weighted by Gasteiger charge is 2.25. The number of hydrogen-bond acceptors (Lipinski definition) is 13. The number of aromatic nitrogens is 2. The molecule has 1 atom stereocenters. The number of hydrogen-bond donors (Lipinski definition) is 3. The van der Waals surface area contributed by atoms with Crippen LogP contribution in [0.4, 0.5) is 22.9 Å². The highest BCUT2D eigenvalue weighted by Crippen LogP contribution is 2.33. The van der Waals surface area contributed by atoms with E-state index in [4.69, 9.17) is 16.3 Å². The van der Waals surface area contributed by atoms with Crippen molar-refractivity contribution < 1.29 is 18.1 Å². The van der Waals surface area contributed by atoms with Gasteiger partial charge in [0.1, 0.15) is 12.0 Å². The second-order valence-corrected chi connectivity index (χ2v) is 19.1. The molecular weight excluding hydrogens is 870 g/mol. The highest BCUT2D eigenvalue weighted by molar-refractivity contribution is 7.99. The van der Waals surface area contributed by atoms with Gasteiger partial charge in [-0.1, -0.05) is 66.2 Å². The summed E-state index contributed by atoms with van der Waals surface area (Å²) in [5.74, 6) is 0.730. The van der Waals surface area contributed by atoms with Gasteiger partial charge < -0.3 is 20.3 Å². The zero-order valence-corrected chi connectivity index (χ0v) is 37.8. The van der Waals surface area contributed by atoms with Crippen LogP contribution < -0.4 is 20.3 Å². The van der Waals surface area contributed by atoms with Crippen molar-refractivity contribution in [3.63, 3.8) is 0 Å². The third-order valence-corrected chi connectivity index (χ3v) is 14.3. The van der Waals surface area contributed by atoms with Gasteiger partial charge in [-0.15, -0.1) is 11.8 Å². The van der Waals surface area contributed by atoms with Crippen molar-refractivity contribution >= 4 is 67.2 Å². The number of nitrogens with one attached hydrogen (secondary N) is 3. The first-order valence-corrected chi connectivity index (χ1v) is 24.4. The average Bonchev–Trinajstić information content (AvgIpc) is 3.31. The molecule has 0 amide bonds. The number of morpholine rings is 1. The van der Waals surface area contributed by atoms with Gasteiger partial charge in [0, 0.05) is 97.8 Å². The summed E-state index contributed by atoms with van der Waals surface area (Å²) in [6.07, 6.45) is 2.01. The number of rotatable bonds is 19. The van der Waals surface area contributed by atoms with Crippen molar-refractivity contribution in [2.75, 3.05) is 92.8 Å². The van der Waals surface area contributed by atoms with Gasteiger partial charge in [0.15, 0.2) is 5.82 Å². The minimum atomic E-state index is -4.29.